The lowest BCUT2D eigenvalue weighted by molar-refractivity contribution is 0.151. The van der Waals surface area contributed by atoms with E-state index in [2.05, 4.69) is 18.5 Å². The van der Waals surface area contributed by atoms with Crippen molar-refractivity contribution in [3.8, 4) is 0 Å². The van der Waals surface area contributed by atoms with Crippen LogP contribution in [0.15, 0.2) is 24.3 Å². The smallest absolute Gasteiger partial charge is 0.263 e. The van der Waals surface area contributed by atoms with Crippen LogP contribution in [0, 0.1) is 0 Å². The molecule has 0 radical (unpaired) electrons. The van der Waals surface area contributed by atoms with E-state index >= 15 is 0 Å². The summed E-state index contributed by atoms with van der Waals surface area (Å²) in [4.78, 5) is 0. The molecule has 0 spiro atoms. The van der Waals surface area contributed by atoms with E-state index in [4.69, 9.17) is 0 Å². The summed E-state index contributed by atoms with van der Waals surface area (Å²) in [7, 11) is 0. The summed E-state index contributed by atoms with van der Waals surface area (Å²) in [6, 6.07) is 6.50. The first-order chi connectivity index (χ1) is 8.13. The maximum absolute atomic E-state index is 12.3. The van der Waals surface area contributed by atoms with E-state index in [0.29, 0.717) is 5.25 Å². The van der Waals surface area contributed by atoms with Gasteiger partial charge in [0.05, 0.1) is 0 Å². The zero-order valence-corrected chi connectivity index (χ0v) is 11.1. The van der Waals surface area contributed by atoms with Crippen LogP contribution < -0.4 is 5.32 Å². The molecule has 0 heterocycles. The van der Waals surface area contributed by atoms with Crippen molar-refractivity contribution in [3.63, 3.8) is 0 Å². The van der Waals surface area contributed by atoms with Gasteiger partial charge in [0.25, 0.3) is 6.43 Å². The molecule has 4 heteroatoms. The fraction of sp³-hybridized carbons (Fsp3) is 0.538. The second-order valence-corrected chi connectivity index (χ2v) is 5.33. The summed E-state index contributed by atoms with van der Waals surface area (Å²) in [5, 5.41) is 3.97. The fourth-order valence-electron chi connectivity index (χ4n) is 1.44. The van der Waals surface area contributed by atoms with Crippen LogP contribution in [0.25, 0.3) is 0 Å². The molecule has 0 aliphatic carbocycles. The highest BCUT2D eigenvalue weighted by Gasteiger charge is 2.05. The minimum Gasteiger partial charge on any atom is -0.313 e. The molecule has 0 saturated heterocycles. The van der Waals surface area contributed by atoms with Crippen molar-refractivity contribution in [2.75, 3.05) is 12.8 Å². The van der Waals surface area contributed by atoms with Crippen LogP contribution in [0.2, 0.25) is 0 Å². The molecular weight excluding hydrogens is 240 g/mol. The van der Waals surface area contributed by atoms with E-state index in [9.17, 15) is 8.78 Å². The summed E-state index contributed by atoms with van der Waals surface area (Å²) in [6.07, 6.45) is 0.851. The predicted molar refractivity (Wildman–Crippen MR) is 70.7 cm³/mol. The van der Waals surface area contributed by atoms with Crippen molar-refractivity contribution in [3.05, 3.63) is 35.4 Å². The molecule has 1 atom stereocenters. The first-order valence-electron chi connectivity index (χ1n) is 5.74. The van der Waals surface area contributed by atoms with Crippen LogP contribution >= 0.6 is 11.8 Å². The number of hydrogen-bond donors (Lipinski definition) is 1. The molecule has 0 amide bonds. The summed E-state index contributed by atoms with van der Waals surface area (Å²) in [5.74, 6) is 0. The SMILES string of the molecule is CSC(C)CCNCc1ccc(C(F)F)cc1. The van der Waals surface area contributed by atoms with E-state index in [1.54, 1.807) is 12.1 Å². The van der Waals surface area contributed by atoms with Crippen LogP contribution in [0.3, 0.4) is 0 Å². The van der Waals surface area contributed by atoms with Gasteiger partial charge in [0.1, 0.15) is 0 Å². The predicted octanol–water partition coefficient (Wildman–Crippen LogP) is 3.86. The van der Waals surface area contributed by atoms with Crippen molar-refractivity contribution in [1.82, 2.24) is 5.32 Å². The lowest BCUT2D eigenvalue weighted by Crippen LogP contribution is -2.17. The van der Waals surface area contributed by atoms with Gasteiger partial charge in [-0.05, 0) is 24.8 Å². The average molecular weight is 259 g/mol. The molecule has 1 aromatic carbocycles. The molecule has 1 N–H and O–H groups in total. The fourth-order valence-corrected chi connectivity index (χ4v) is 1.79. The monoisotopic (exact) mass is 259 g/mol. The topological polar surface area (TPSA) is 12.0 Å². The second-order valence-electron chi connectivity index (χ2n) is 4.05. The van der Waals surface area contributed by atoms with Crippen LogP contribution in [-0.2, 0) is 6.54 Å². The Labute approximate surface area is 106 Å². The second kappa shape index (κ2) is 7.67. The molecule has 1 nitrogen and oxygen atoms in total. The molecule has 1 rings (SSSR count). The molecule has 17 heavy (non-hydrogen) atoms. The summed E-state index contributed by atoms with van der Waals surface area (Å²) >= 11 is 1.85. The summed E-state index contributed by atoms with van der Waals surface area (Å²) in [6.45, 7) is 3.90. The third kappa shape index (κ3) is 5.50. The average Bonchev–Trinajstić information content (AvgIpc) is 2.34. The van der Waals surface area contributed by atoms with Gasteiger partial charge in [0.15, 0.2) is 0 Å². The minimum atomic E-state index is -2.38. The zero-order chi connectivity index (χ0) is 12.7. The van der Waals surface area contributed by atoms with Crippen molar-refractivity contribution < 1.29 is 8.78 Å². The molecule has 0 aromatic heterocycles. The Bertz CT molecular complexity index is 314. The van der Waals surface area contributed by atoms with E-state index in [1.807, 2.05) is 11.8 Å². The number of hydrogen-bond acceptors (Lipinski definition) is 2. The Kier molecular flexibility index (Phi) is 6.52. The van der Waals surface area contributed by atoms with E-state index in [0.717, 1.165) is 25.1 Å². The maximum Gasteiger partial charge on any atom is 0.263 e. The Balaban J connectivity index is 2.28. The molecule has 1 unspecified atom stereocenters. The van der Waals surface area contributed by atoms with Gasteiger partial charge in [-0.25, -0.2) is 8.78 Å². The largest absolute Gasteiger partial charge is 0.313 e. The number of alkyl halides is 2. The van der Waals surface area contributed by atoms with E-state index in [-0.39, 0.29) is 5.56 Å². The van der Waals surface area contributed by atoms with Crippen molar-refractivity contribution in [2.45, 2.75) is 31.6 Å². The number of thioether (sulfide) groups is 1. The number of benzene rings is 1. The van der Waals surface area contributed by atoms with E-state index < -0.39 is 6.43 Å². The molecule has 0 fully saturated rings. The van der Waals surface area contributed by atoms with Crippen LogP contribution in [0.4, 0.5) is 8.78 Å². The molecule has 0 bridgehead atoms. The van der Waals surface area contributed by atoms with Crippen molar-refractivity contribution in [1.29, 1.82) is 0 Å². The molecule has 1 aromatic rings. The quantitative estimate of drug-likeness (QED) is 0.746. The highest BCUT2D eigenvalue weighted by molar-refractivity contribution is 7.99. The highest BCUT2D eigenvalue weighted by atomic mass is 32.2. The van der Waals surface area contributed by atoms with Gasteiger partial charge in [0.2, 0.25) is 0 Å². The first-order valence-corrected chi connectivity index (χ1v) is 7.02. The Morgan fingerprint density at radius 3 is 2.41 bits per heavy atom. The molecule has 0 aliphatic heterocycles. The van der Waals surface area contributed by atoms with Gasteiger partial charge in [-0.1, -0.05) is 31.2 Å². The normalized spacial score (nSPS) is 13.0. The summed E-state index contributed by atoms with van der Waals surface area (Å²) < 4.78 is 24.6. The third-order valence-corrected chi connectivity index (χ3v) is 3.73. The lowest BCUT2D eigenvalue weighted by atomic mass is 10.1. The zero-order valence-electron chi connectivity index (χ0n) is 10.2. The number of halogens is 2. The maximum atomic E-state index is 12.3. The van der Waals surface area contributed by atoms with Crippen molar-refractivity contribution >= 4 is 11.8 Å². The van der Waals surface area contributed by atoms with Crippen LogP contribution in [-0.4, -0.2) is 18.1 Å². The van der Waals surface area contributed by atoms with Gasteiger partial charge in [-0.15, -0.1) is 0 Å². The number of nitrogens with one attached hydrogen (secondary N) is 1. The van der Waals surface area contributed by atoms with Crippen molar-refractivity contribution in [2.24, 2.45) is 0 Å². The minimum absolute atomic E-state index is 0.0877. The third-order valence-electron chi connectivity index (χ3n) is 2.69. The van der Waals surface area contributed by atoms with Gasteiger partial charge in [-0.2, -0.15) is 11.8 Å². The van der Waals surface area contributed by atoms with Gasteiger partial charge in [-0.3, -0.25) is 0 Å². The molecular formula is C13H19F2NS. The van der Waals surface area contributed by atoms with Crippen LogP contribution in [0.5, 0.6) is 0 Å². The Morgan fingerprint density at radius 2 is 1.88 bits per heavy atom. The molecule has 0 aliphatic rings. The highest BCUT2D eigenvalue weighted by Crippen LogP contribution is 2.18. The van der Waals surface area contributed by atoms with E-state index in [1.165, 1.54) is 12.1 Å². The van der Waals surface area contributed by atoms with Crippen LogP contribution in [0.1, 0.15) is 30.9 Å². The Morgan fingerprint density at radius 1 is 1.24 bits per heavy atom. The lowest BCUT2D eigenvalue weighted by Gasteiger charge is -2.09. The number of rotatable bonds is 7. The van der Waals surface area contributed by atoms with Gasteiger partial charge in [0, 0.05) is 17.4 Å². The van der Waals surface area contributed by atoms with Gasteiger partial charge < -0.3 is 5.32 Å². The Hall–Kier alpha value is -0.610. The standard InChI is InChI=1S/C13H19F2NS/c1-10(17-2)7-8-16-9-11-3-5-12(6-4-11)13(14)15/h3-6,10,13,16H,7-9H2,1-2H3. The first kappa shape index (κ1) is 14.5. The summed E-state index contributed by atoms with van der Waals surface area (Å²) in [5.41, 5.74) is 1.14. The molecule has 0 saturated carbocycles. The van der Waals surface area contributed by atoms with Gasteiger partial charge >= 0.3 is 0 Å². The molecule has 96 valence electrons.